The Morgan fingerprint density at radius 1 is 1.47 bits per heavy atom. The van der Waals surface area contributed by atoms with E-state index in [1.807, 2.05) is 33.1 Å². The van der Waals surface area contributed by atoms with Crippen molar-refractivity contribution in [2.45, 2.75) is 52.3 Å². The molecule has 15 heavy (non-hydrogen) atoms. The highest BCUT2D eigenvalue weighted by Crippen LogP contribution is 2.19. The van der Waals surface area contributed by atoms with Gasteiger partial charge in [0, 0.05) is 17.1 Å². The van der Waals surface area contributed by atoms with Gasteiger partial charge < -0.3 is 10.4 Å². The number of aliphatic hydroxyl groups is 1. The fourth-order valence-corrected chi connectivity index (χ4v) is 2.03. The molecular weight excluding hydrogens is 208 g/mol. The SMILES string of the molecule is Cc1csc(C(C)NC(C)C(C)(C)O)n1. The van der Waals surface area contributed by atoms with Crippen molar-refractivity contribution < 1.29 is 5.11 Å². The van der Waals surface area contributed by atoms with Crippen molar-refractivity contribution in [1.82, 2.24) is 10.3 Å². The lowest BCUT2D eigenvalue weighted by molar-refractivity contribution is 0.0405. The summed E-state index contributed by atoms with van der Waals surface area (Å²) < 4.78 is 0. The Bertz CT molecular complexity index is 317. The highest BCUT2D eigenvalue weighted by Gasteiger charge is 2.24. The number of hydrogen-bond donors (Lipinski definition) is 2. The van der Waals surface area contributed by atoms with E-state index in [0.717, 1.165) is 10.7 Å². The predicted molar refractivity (Wildman–Crippen MR) is 64.2 cm³/mol. The van der Waals surface area contributed by atoms with E-state index in [9.17, 15) is 5.11 Å². The first kappa shape index (κ1) is 12.6. The predicted octanol–water partition coefficient (Wildman–Crippen LogP) is 2.26. The fourth-order valence-electron chi connectivity index (χ4n) is 1.22. The van der Waals surface area contributed by atoms with Gasteiger partial charge in [0.1, 0.15) is 5.01 Å². The van der Waals surface area contributed by atoms with Gasteiger partial charge in [0.05, 0.1) is 11.6 Å². The third kappa shape index (κ3) is 3.55. The van der Waals surface area contributed by atoms with Gasteiger partial charge in [-0.25, -0.2) is 4.98 Å². The fraction of sp³-hybridized carbons (Fsp3) is 0.727. The number of hydrogen-bond acceptors (Lipinski definition) is 4. The standard InChI is InChI=1S/C11H20N2OS/c1-7-6-15-10(12-7)8(2)13-9(3)11(4,5)14/h6,8-9,13-14H,1-5H3. The average Bonchev–Trinajstić information content (AvgIpc) is 2.50. The van der Waals surface area contributed by atoms with E-state index in [-0.39, 0.29) is 12.1 Å². The highest BCUT2D eigenvalue weighted by atomic mass is 32.1. The molecule has 0 aliphatic carbocycles. The lowest BCUT2D eigenvalue weighted by Crippen LogP contribution is -2.45. The van der Waals surface area contributed by atoms with Crippen molar-refractivity contribution in [3.05, 3.63) is 16.1 Å². The highest BCUT2D eigenvalue weighted by molar-refractivity contribution is 7.09. The van der Waals surface area contributed by atoms with Crippen LogP contribution in [-0.2, 0) is 0 Å². The molecule has 1 aromatic rings. The lowest BCUT2D eigenvalue weighted by Gasteiger charge is -2.29. The zero-order valence-corrected chi connectivity index (χ0v) is 10.9. The first-order chi connectivity index (χ1) is 6.80. The summed E-state index contributed by atoms with van der Waals surface area (Å²) in [5.41, 5.74) is 0.347. The molecule has 0 saturated heterocycles. The van der Waals surface area contributed by atoms with Crippen molar-refractivity contribution in [3.8, 4) is 0 Å². The van der Waals surface area contributed by atoms with Crippen LogP contribution in [0.15, 0.2) is 5.38 Å². The molecule has 2 atom stereocenters. The number of aryl methyl sites for hydroxylation is 1. The second-order valence-electron chi connectivity index (χ2n) is 4.59. The Morgan fingerprint density at radius 3 is 2.47 bits per heavy atom. The third-order valence-electron chi connectivity index (χ3n) is 2.57. The van der Waals surface area contributed by atoms with E-state index in [0.29, 0.717) is 0 Å². The molecule has 1 heterocycles. The van der Waals surface area contributed by atoms with Crippen LogP contribution < -0.4 is 5.32 Å². The monoisotopic (exact) mass is 228 g/mol. The van der Waals surface area contributed by atoms with Gasteiger partial charge in [0.25, 0.3) is 0 Å². The van der Waals surface area contributed by atoms with Crippen LogP contribution in [0.5, 0.6) is 0 Å². The van der Waals surface area contributed by atoms with Gasteiger partial charge in [-0.2, -0.15) is 0 Å². The van der Waals surface area contributed by atoms with Gasteiger partial charge >= 0.3 is 0 Å². The summed E-state index contributed by atoms with van der Waals surface area (Å²) in [5, 5.41) is 16.3. The number of aromatic nitrogens is 1. The number of nitrogens with zero attached hydrogens (tertiary/aromatic N) is 1. The molecule has 0 radical (unpaired) electrons. The Morgan fingerprint density at radius 2 is 2.07 bits per heavy atom. The van der Waals surface area contributed by atoms with E-state index >= 15 is 0 Å². The molecule has 4 heteroatoms. The molecule has 86 valence electrons. The molecule has 0 aliphatic rings. The Balaban J connectivity index is 2.60. The van der Waals surface area contributed by atoms with Crippen LogP contribution in [0.2, 0.25) is 0 Å². The van der Waals surface area contributed by atoms with Gasteiger partial charge in [0.15, 0.2) is 0 Å². The zero-order chi connectivity index (χ0) is 11.6. The molecule has 0 aliphatic heterocycles. The van der Waals surface area contributed by atoms with Gasteiger partial charge in [0.2, 0.25) is 0 Å². The van der Waals surface area contributed by atoms with E-state index in [1.165, 1.54) is 0 Å². The molecule has 0 aromatic carbocycles. The van der Waals surface area contributed by atoms with Gasteiger partial charge in [-0.1, -0.05) is 0 Å². The van der Waals surface area contributed by atoms with Crippen LogP contribution in [-0.4, -0.2) is 21.7 Å². The summed E-state index contributed by atoms with van der Waals surface area (Å²) in [7, 11) is 0. The third-order valence-corrected chi connectivity index (χ3v) is 3.71. The first-order valence-electron chi connectivity index (χ1n) is 5.21. The topological polar surface area (TPSA) is 45.1 Å². The second kappa shape index (κ2) is 4.60. The van der Waals surface area contributed by atoms with Crippen molar-refractivity contribution in [1.29, 1.82) is 0 Å². The van der Waals surface area contributed by atoms with Crippen molar-refractivity contribution in [2.24, 2.45) is 0 Å². The van der Waals surface area contributed by atoms with Crippen LogP contribution in [0.4, 0.5) is 0 Å². The second-order valence-corrected chi connectivity index (χ2v) is 5.48. The smallest absolute Gasteiger partial charge is 0.110 e. The summed E-state index contributed by atoms with van der Waals surface area (Å²) in [5.74, 6) is 0. The summed E-state index contributed by atoms with van der Waals surface area (Å²) in [6.45, 7) is 9.67. The maximum atomic E-state index is 9.81. The van der Waals surface area contributed by atoms with Crippen LogP contribution in [0.3, 0.4) is 0 Å². The number of thiazole rings is 1. The Labute approximate surface area is 95.6 Å². The van der Waals surface area contributed by atoms with E-state index in [4.69, 9.17) is 0 Å². The molecular formula is C11H20N2OS. The molecule has 0 amide bonds. The zero-order valence-electron chi connectivity index (χ0n) is 10.0. The van der Waals surface area contributed by atoms with Crippen LogP contribution >= 0.6 is 11.3 Å². The lowest BCUT2D eigenvalue weighted by atomic mass is 10.0. The molecule has 0 saturated carbocycles. The number of nitrogens with one attached hydrogen (secondary N) is 1. The number of rotatable bonds is 4. The van der Waals surface area contributed by atoms with E-state index < -0.39 is 5.60 Å². The largest absolute Gasteiger partial charge is 0.389 e. The van der Waals surface area contributed by atoms with Crippen molar-refractivity contribution in [2.75, 3.05) is 0 Å². The van der Waals surface area contributed by atoms with Gasteiger partial charge in [-0.15, -0.1) is 11.3 Å². The van der Waals surface area contributed by atoms with Crippen LogP contribution in [0.25, 0.3) is 0 Å². The minimum absolute atomic E-state index is 0.0386. The first-order valence-corrected chi connectivity index (χ1v) is 6.09. The van der Waals surface area contributed by atoms with Crippen molar-refractivity contribution >= 4 is 11.3 Å². The molecule has 1 rings (SSSR count). The normalized spacial score (nSPS) is 16.4. The summed E-state index contributed by atoms with van der Waals surface area (Å²) in [4.78, 5) is 4.42. The van der Waals surface area contributed by atoms with Gasteiger partial charge in [-0.05, 0) is 34.6 Å². The molecule has 0 spiro atoms. The van der Waals surface area contributed by atoms with Gasteiger partial charge in [-0.3, -0.25) is 0 Å². The molecule has 0 fully saturated rings. The average molecular weight is 228 g/mol. The molecule has 1 aromatic heterocycles. The van der Waals surface area contributed by atoms with Crippen LogP contribution in [0, 0.1) is 6.92 Å². The van der Waals surface area contributed by atoms with Crippen LogP contribution in [0.1, 0.15) is 44.4 Å². The Kier molecular flexibility index (Phi) is 3.87. The van der Waals surface area contributed by atoms with E-state index in [1.54, 1.807) is 11.3 Å². The molecule has 0 bridgehead atoms. The maximum absolute atomic E-state index is 9.81. The maximum Gasteiger partial charge on any atom is 0.110 e. The summed E-state index contributed by atoms with van der Waals surface area (Å²) >= 11 is 1.66. The molecule has 2 N–H and O–H groups in total. The van der Waals surface area contributed by atoms with E-state index in [2.05, 4.69) is 17.2 Å². The minimum atomic E-state index is -0.708. The van der Waals surface area contributed by atoms with Crippen molar-refractivity contribution in [3.63, 3.8) is 0 Å². The Hall–Kier alpha value is -0.450. The summed E-state index contributed by atoms with van der Waals surface area (Å²) in [6.07, 6.45) is 0. The molecule has 2 unspecified atom stereocenters. The summed E-state index contributed by atoms with van der Waals surface area (Å²) in [6, 6.07) is 0.224. The quantitative estimate of drug-likeness (QED) is 0.831. The minimum Gasteiger partial charge on any atom is -0.389 e. The molecule has 3 nitrogen and oxygen atoms in total.